The standard InChI is InChI=1S/C15H18ClNO3/c1-11(2)17(10-15(19)20-3)14(18)9-6-12-4-7-13(16)8-5-12/h4-9,11H,10H2,1-3H3. The van der Waals surface area contributed by atoms with Gasteiger partial charge in [-0.2, -0.15) is 0 Å². The lowest BCUT2D eigenvalue weighted by molar-refractivity contribution is -0.146. The van der Waals surface area contributed by atoms with Crippen LogP contribution in [0.5, 0.6) is 0 Å². The maximum atomic E-state index is 12.1. The number of hydrogen-bond donors (Lipinski definition) is 0. The molecule has 20 heavy (non-hydrogen) atoms. The van der Waals surface area contributed by atoms with Gasteiger partial charge < -0.3 is 9.64 Å². The van der Waals surface area contributed by atoms with Gasteiger partial charge in [0.2, 0.25) is 5.91 Å². The Morgan fingerprint density at radius 1 is 1.30 bits per heavy atom. The molecule has 0 fully saturated rings. The van der Waals surface area contributed by atoms with E-state index in [9.17, 15) is 9.59 Å². The summed E-state index contributed by atoms with van der Waals surface area (Å²) in [6, 6.07) is 7.04. The number of carbonyl (C=O) groups excluding carboxylic acids is 2. The quantitative estimate of drug-likeness (QED) is 0.620. The zero-order valence-electron chi connectivity index (χ0n) is 11.8. The molecule has 0 aromatic heterocycles. The van der Waals surface area contributed by atoms with Crippen molar-refractivity contribution in [2.45, 2.75) is 19.9 Å². The van der Waals surface area contributed by atoms with Gasteiger partial charge in [-0.15, -0.1) is 0 Å². The molecule has 0 saturated heterocycles. The smallest absolute Gasteiger partial charge is 0.325 e. The molecule has 0 radical (unpaired) electrons. The van der Waals surface area contributed by atoms with E-state index in [-0.39, 0.29) is 18.5 Å². The molecule has 0 aliphatic rings. The van der Waals surface area contributed by atoms with Gasteiger partial charge in [-0.25, -0.2) is 0 Å². The number of methoxy groups -OCH3 is 1. The molecule has 1 aromatic carbocycles. The number of carbonyl (C=O) groups is 2. The molecule has 0 aliphatic heterocycles. The van der Waals surface area contributed by atoms with Crippen LogP contribution in [0, 0.1) is 0 Å². The van der Waals surface area contributed by atoms with Crippen LogP contribution in [0.15, 0.2) is 30.3 Å². The van der Waals surface area contributed by atoms with Gasteiger partial charge in [-0.05, 0) is 37.6 Å². The molecule has 0 aliphatic carbocycles. The highest BCUT2D eigenvalue weighted by atomic mass is 35.5. The van der Waals surface area contributed by atoms with Crippen molar-refractivity contribution in [2.24, 2.45) is 0 Å². The lowest BCUT2D eigenvalue weighted by atomic mass is 10.2. The van der Waals surface area contributed by atoms with Crippen molar-refractivity contribution >= 4 is 29.6 Å². The number of rotatable bonds is 5. The fourth-order valence-electron chi connectivity index (χ4n) is 1.56. The maximum Gasteiger partial charge on any atom is 0.325 e. The number of hydrogen-bond acceptors (Lipinski definition) is 3. The largest absolute Gasteiger partial charge is 0.468 e. The Kier molecular flexibility index (Phi) is 6.25. The van der Waals surface area contributed by atoms with Crippen LogP contribution in [0.25, 0.3) is 6.08 Å². The van der Waals surface area contributed by atoms with Gasteiger partial charge in [0.25, 0.3) is 0 Å². The Labute approximate surface area is 124 Å². The lowest BCUT2D eigenvalue weighted by Crippen LogP contribution is -2.40. The van der Waals surface area contributed by atoms with Crippen molar-refractivity contribution in [1.82, 2.24) is 4.90 Å². The van der Waals surface area contributed by atoms with Gasteiger partial charge in [-0.1, -0.05) is 23.7 Å². The van der Waals surface area contributed by atoms with Crippen molar-refractivity contribution < 1.29 is 14.3 Å². The minimum atomic E-state index is -0.438. The predicted molar refractivity (Wildman–Crippen MR) is 79.4 cm³/mol. The van der Waals surface area contributed by atoms with Crippen molar-refractivity contribution in [1.29, 1.82) is 0 Å². The number of amides is 1. The topological polar surface area (TPSA) is 46.6 Å². The summed E-state index contributed by atoms with van der Waals surface area (Å²) in [6.45, 7) is 3.63. The van der Waals surface area contributed by atoms with Crippen LogP contribution in [-0.4, -0.2) is 36.5 Å². The van der Waals surface area contributed by atoms with Crippen LogP contribution in [0.4, 0.5) is 0 Å². The highest BCUT2D eigenvalue weighted by Gasteiger charge is 2.18. The molecule has 0 N–H and O–H groups in total. The zero-order valence-corrected chi connectivity index (χ0v) is 12.6. The third-order valence-electron chi connectivity index (χ3n) is 2.72. The van der Waals surface area contributed by atoms with E-state index >= 15 is 0 Å². The van der Waals surface area contributed by atoms with E-state index in [1.807, 2.05) is 26.0 Å². The van der Waals surface area contributed by atoms with Gasteiger partial charge in [0, 0.05) is 17.1 Å². The third kappa shape index (κ3) is 5.05. The van der Waals surface area contributed by atoms with Crippen LogP contribution in [0.2, 0.25) is 5.02 Å². The van der Waals surface area contributed by atoms with Crippen molar-refractivity contribution in [2.75, 3.05) is 13.7 Å². The highest BCUT2D eigenvalue weighted by Crippen LogP contribution is 2.11. The molecule has 0 bridgehead atoms. The summed E-state index contributed by atoms with van der Waals surface area (Å²) < 4.78 is 4.59. The highest BCUT2D eigenvalue weighted by molar-refractivity contribution is 6.30. The molecule has 1 aromatic rings. The Morgan fingerprint density at radius 2 is 1.90 bits per heavy atom. The van der Waals surface area contributed by atoms with Gasteiger partial charge in [0.1, 0.15) is 6.54 Å². The maximum absolute atomic E-state index is 12.1. The lowest BCUT2D eigenvalue weighted by Gasteiger charge is -2.23. The first kappa shape index (κ1) is 16.2. The minimum Gasteiger partial charge on any atom is -0.468 e. The summed E-state index contributed by atoms with van der Waals surface area (Å²) in [7, 11) is 1.30. The molecule has 0 spiro atoms. The second-order valence-electron chi connectivity index (χ2n) is 4.52. The van der Waals surface area contributed by atoms with E-state index in [1.54, 1.807) is 18.2 Å². The van der Waals surface area contributed by atoms with E-state index in [0.717, 1.165) is 5.56 Å². The second kappa shape index (κ2) is 7.70. The fourth-order valence-corrected chi connectivity index (χ4v) is 1.68. The van der Waals surface area contributed by atoms with Crippen molar-refractivity contribution in [3.63, 3.8) is 0 Å². The Morgan fingerprint density at radius 3 is 2.40 bits per heavy atom. The normalized spacial score (nSPS) is 10.8. The van der Waals surface area contributed by atoms with Gasteiger partial charge in [0.15, 0.2) is 0 Å². The predicted octanol–water partition coefficient (Wildman–Crippen LogP) is 2.76. The monoisotopic (exact) mass is 295 g/mol. The second-order valence-corrected chi connectivity index (χ2v) is 4.96. The summed E-state index contributed by atoms with van der Waals surface area (Å²) in [5.74, 6) is -0.674. The van der Waals surface area contributed by atoms with E-state index in [4.69, 9.17) is 11.6 Å². The van der Waals surface area contributed by atoms with E-state index < -0.39 is 5.97 Å². The van der Waals surface area contributed by atoms with Crippen molar-refractivity contribution in [3.05, 3.63) is 40.9 Å². The molecule has 0 saturated carbocycles. The van der Waals surface area contributed by atoms with Crippen LogP contribution >= 0.6 is 11.6 Å². The number of esters is 1. The summed E-state index contributed by atoms with van der Waals surface area (Å²) in [4.78, 5) is 24.8. The minimum absolute atomic E-state index is 0.0576. The molecular formula is C15H18ClNO3. The van der Waals surface area contributed by atoms with E-state index in [2.05, 4.69) is 4.74 Å². The molecule has 0 heterocycles. The number of ether oxygens (including phenoxy) is 1. The first-order valence-corrected chi connectivity index (χ1v) is 6.63. The molecular weight excluding hydrogens is 278 g/mol. The van der Waals surface area contributed by atoms with Gasteiger partial charge in [-0.3, -0.25) is 9.59 Å². The molecule has 1 amide bonds. The molecule has 108 valence electrons. The van der Waals surface area contributed by atoms with Crippen LogP contribution < -0.4 is 0 Å². The van der Waals surface area contributed by atoms with Gasteiger partial charge >= 0.3 is 5.97 Å². The molecule has 5 heteroatoms. The summed E-state index contributed by atoms with van der Waals surface area (Å²) in [6.07, 6.45) is 3.12. The first-order valence-electron chi connectivity index (χ1n) is 6.25. The molecule has 1 rings (SSSR count). The SMILES string of the molecule is COC(=O)CN(C(=O)C=Cc1ccc(Cl)cc1)C(C)C. The van der Waals surface area contributed by atoms with Crippen molar-refractivity contribution in [3.8, 4) is 0 Å². The van der Waals surface area contributed by atoms with Crippen LogP contribution in [-0.2, 0) is 14.3 Å². The Balaban J connectivity index is 2.75. The number of halogens is 1. The summed E-state index contributed by atoms with van der Waals surface area (Å²) in [5.41, 5.74) is 0.865. The van der Waals surface area contributed by atoms with E-state index in [0.29, 0.717) is 5.02 Å². The average Bonchev–Trinajstić information content (AvgIpc) is 2.43. The van der Waals surface area contributed by atoms with E-state index in [1.165, 1.54) is 18.1 Å². The zero-order chi connectivity index (χ0) is 15.1. The number of benzene rings is 1. The summed E-state index contributed by atoms with van der Waals surface area (Å²) in [5, 5.41) is 0.642. The first-order chi connectivity index (χ1) is 9.43. The summed E-state index contributed by atoms with van der Waals surface area (Å²) >= 11 is 5.79. The van der Waals surface area contributed by atoms with Crippen LogP contribution in [0.3, 0.4) is 0 Å². The Bertz CT molecular complexity index is 494. The van der Waals surface area contributed by atoms with Crippen LogP contribution in [0.1, 0.15) is 19.4 Å². The van der Waals surface area contributed by atoms with Gasteiger partial charge in [0.05, 0.1) is 7.11 Å². The fraction of sp³-hybridized carbons (Fsp3) is 0.333. The Hall–Kier alpha value is -1.81. The molecule has 4 nitrogen and oxygen atoms in total. The third-order valence-corrected chi connectivity index (χ3v) is 2.97. The molecule has 0 unspecified atom stereocenters. The average molecular weight is 296 g/mol. The molecule has 0 atom stereocenters. The number of nitrogens with zero attached hydrogens (tertiary/aromatic N) is 1.